The van der Waals surface area contributed by atoms with Gasteiger partial charge in [-0.15, -0.1) is 0 Å². The van der Waals surface area contributed by atoms with E-state index in [1.807, 2.05) is 5.32 Å². The number of H-pyrrole nitrogens is 1. The van der Waals surface area contributed by atoms with E-state index in [0.29, 0.717) is 5.69 Å². The molecule has 1 heterocycles. The fourth-order valence-electron chi connectivity index (χ4n) is 3.02. The molecule has 0 saturated heterocycles. The van der Waals surface area contributed by atoms with E-state index in [2.05, 4.69) is 20.6 Å². The zero-order valence-corrected chi connectivity index (χ0v) is 19.5. The Morgan fingerprint density at radius 1 is 0.838 bits per heavy atom. The van der Waals surface area contributed by atoms with Crippen LogP contribution in [0.3, 0.4) is 0 Å². The van der Waals surface area contributed by atoms with Crippen molar-refractivity contribution in [2.24, 2.45) is 11.5 Å². The van der Waals surface area contributed by atoms with E-state index in [-0.39, 0.29) is 6.42 Å². The summed E-state index contributed by atoms with van der Waals surface area (Å²) >= 11 is 0. The Hall–Kier alpha value is -4.54. The molecule has 204 valence electrons. The number of aromatic nitrogens is 2. The first-order valence-corrected chi connectivity index (χ1v) is 10.9. The van der Waals surface area contributed by atoms with E-state index >= 15 is 0 Å². The summed E-state index contributed by atoms with van der Waals surface area (Å²) in [6.45, 7) is 0. The largest absolute Gasteiger partial charge is 0.481 e. The molecule has 37 heavy (non-hydrogen) atoms. The fraction of sp³-hybridized carbons (Fsp3) is 0.500. The van der Waals surface area contributed by atoms with Crippen molar-refractivity contribution in [2.75, 3.05) is 0 Å². The summed E-state index contributed by atoms with van der Waals surface area (Å²) in [5.74, 6) is -8.25. The molecule has 0 saturated carbocycles. The average Bonchev–Trinajstić information content (AvgIpc) is 3.30. The average molecular weight is 527 g/mol. The number of hydrogen-bond donors (Lipinski definition) is 9. The van der Waals surface area contributed by atoms with Crippen molar-refractivity contribution >= 4 is 41.5 Å². The second-order valence-electron chi connectivity index (χ2n) is 7.94. The Bertz CT molecular complexity index is 998. The monoisotopic (exact) mass is 527 g/mol. The second kappa shape index (κ2) is 14.8. The molecule has 4 amide bonds. The number of aromatic amines is 1. The van der Waals surface area contributed by atoms with Crippen LogP contribution in [-0.4, -0.2) is 91.0 Å². The highest BCUT2D eigenvalue weighted by Gasteiger charge is 2.31. The van der Waals surface area contributed by atoms with Crippen molar-refractivity contribution in [2.45, 2.75) is 62.7 Å². The van der Waals surface area contributed by atoms with Gasteiger partial charge < -0.3 is 47.7 Å². The van der Waals surface area contributed by atoms with E-state index in [0.717, 1.165) is 0 Å². The maximum Gasteiger partial charge on any atom is 0.326 e. The van der Waals surface area contributed by atoms with Gasteiger partial charge in [0.2, 0.25) is 23.6 Å². The SMILES string of the molecule is NC(=O)CC(NC(=O)C(N)Cc1cnc[nH]1)C(=O)NC(CCC(=O)O)C(=O)NC(CCC(=O)O)C(=O)O. The van der Waals surface area contributed by atoms with Crippen LogP contribution in [0.2, 0.25) is 0 Å². The first-order chi connectivity index (χ1) is 17.3. The number of aliphatic carboxylic acids is 3. The minimum atomic E-state index is -1.64. The van der Waals surface area contributed by atoms with Crippen LogP contribution >= 0.6 is 0 Å². The van der Waals surface area contributed by atoms with E-state index in [1.165, 1.54) is 12.5 Å². The maximum atomic E-state index is 12.8. The van der Waals surface area contributed by atoms with Crippen LogP contribution in [0.4, 0.5) is 0 Å². The van der Waals surface area contributed by atoms with Crippen LogP contribution in [0.1, 0.15) is 37.8 Å². The van der Waals surface area contributed by atoms with Crippen molar-refractivity contribution < 1.29 is 48.9 Å². The van der Waals surface area contributed by atoms with Gasteiger partial charge in [-0.3, -0.25) is 28.8 Å². The number of rotatable bonds is 17. The van der Waals surface area contributed by atoms with Crippen LogP contribution in [0.25, 0.3) is 0 Å². The van der Waals surface area contributed by atoms with E-state index in [1.54, 1.807) is 0 Å². The van der Waals surface area contributed by atoms with Crippen LogP contribution < -0.4 is 27.4 Å². The summed E-state index contributed by atoms with van der Waals surface area (Å²) < 4.78 is 0. The minimum absolute atomic E-state index is 0.00725. The highest BCUT2D eigenvalue weighted by atomic mass is 16.4. The Balaban J connectivity index is 2.99. The normalized spacial score (nSPS) is 13.9. The van der Waals surface area contributed by atoms with Gasteiger partial charge in [0.05, 0.1) is 18.8 Å². The summed E-state index contributed by atoms with van der Waals surface area (Å²) in [5.41, 5.74) is 11.5. The lowest BCUT2D eigenvalue weighted by atomic mass is 10.1. The van der Waals surface area contributed by atoms with Gasteiger partial charge in [-0.05, 0) is 12.8 Å². The molecule has 17 nitrogen and oxygen atoms in total. The molecule has 1 rings (SSSR count). The van der Waals surface area contributed by atoms with Gasteiger partial charge in [0.25, 0.3) is 0 Å². The first-order valence-electron chi connectivity index (χ1n) is 10.9. The van der Waals surface area contributed by atoms with Crippen LogP contribution in [-0.2, 0) is 40.0 Å². The number of nitrogens with two attached hydrogens (primary N) is 2. The van der Waals surface area contributed by atoms with Crippen LogP contribution in [0, 0.1) is 0 Å². The predicted molar refractivity (Wildman–Crippen MR) is 121 cm³/mol. The molecule has 1 aromatic heterocycles. The molecule has 0 bridgehead atoms. The second-order valence-corrected chi connectivity index (χ2v) is 7.94. The topological polar surface area (TPSA) is 297 Å². The molecule has 4 atom stereocenters. The smallest absolute Gasteiger partial charge is 0.326 e. The molecule has 0 aromatic carbocycles. The van der Waals surface area contributed by atoms with Crippen LogP contribution in [0.5, 0.6) is 0 Å². The summed E-state index contributed by atoms with van der Waals surface area (Å²) in [6.07, 6.45) is -0.0812. The Kier molecular flexibility index (Phi) is 12.2. The lowest BCUT2D eigenvalue weighted by molar-refractivity contribution is -0.144. The van der Waals surface area contributed by atoms with Crippen molar-refractivity contribution in [3.63, 3.8) is 0 Å². The third-order valence-electron chi connectivity index (χ3n) is 4.91. The summed E-state index contributed by atoms with van der Waals surface area (Å²) in [4.78, 5) is 89.1. The number of imidazole rings is 1. The van der Waals surface area contributed by atoms with Crippen molar-refractivity contribution in [1.29, 1.82) is 0 Å². The third-order valence-corrected chi connectivity index (χ3v) is 4.91. The summed E-state index contributed by atoms with van der Waals surface area (Å²) in [5, 5.41) is 33.4. The molecule has 0 aliphatic heterocycles. The fourth-order valence-corrected chi connectivity index (χ4v) is 3.02. The molecular formula is C20H29N7O10. The third kappa shape index (κ3) is 11.6. The molecule has 0 aliphatic carbocycles. The number of nitrogens with zero attached hydrogens (tertiary/aromatic N) is 1. The zero-order chi connectivity index (χ0) is 28.1. The Morgan fingerprint density at radius 2 is 1.35 bits per heavy atom. The number of carbonyl (C=O) groups excluding carboxylic acids is 4. The molecule has 0 spiro atoms. The van der Waals surface area contributed by atoms with Crippen molar-refractivity contribution in [3.8, 4) is 0 Å². The maximum absolute atomic E-state index is 12.8. The standard InChI is InChI=1S/C20H29N7O10/c21-10(5-9-7-23-8-24-9)17(33)27-13(6-14(22)28)19(35)25-11(1-3-15(29)30)18(34)26-12(20(36)37)2-4-16(31)32/h7-8,10-13H,1-6,21H2,(H2,22,28)(H,23,24)(H,25,35)(H,26,34)(H,27,33)(H,29,30)(H,31,32)(H,36,37). The summed E-state index contributed by atoms with van der Waals surface area (Å²) in [7, 11) is 0. The lowest BCUT2D eigenvalue weighted by Gasteiger charge is -2.24. The van der Waals surface area contributed by atoms with Gasteiger partial charge in [0.15, 0.2) is 0 Å². The van der Waals surface area contributed by atoms with Gasteiger partial charge in [-0.2, -0.15) is 0 Å². The molecular weight excluding hydrogens is 498 g/mol. The number of carboxylic acid groups (broad SMARTS) is 3. The zero-order valence-electron chi connectivity index (χ0n) is 19.5. The van der Waals surface area contributed by atoms with Gasteiger partial charge >= 0.3 is 17.9 Å². The van der Waals surface area contributed by atoms with Crippen LogP contribution in [0.15, 0.2) is 12.5 Å². The molecule has 11 N–H and O–H groups in total. The van der Waals surface area contributed by atoms with Crippen molar-refractivity contribution in [3.05, 3.63) is 18.2 Å². The van der Waals surface area contributed by atoms with E-state index < -0.39 is 97.8 Å². The highest BCUT2D eigenvalue weighted by Crippen LogP contribution is 2.05. The molecule has 4 unspecified atom stereocenters. The van der Waals surface area contributed by atoms with Gasteiger partial charge in [0.1, 0.15) is 18.1 Å². The lowest BCUT2D eigenvalue weighted by Crippen LogP contribution is -2.58. The number of hydrogen-bond acceptors (Lipinski definition) is 9. The Labute approximate surface area is 209 Å². The molecule has 0 fully saturated rings. The van der Waals surface area contributed by atoms with Gasteiger partial charge in [-0.1, -0.05) is 0 Å². The van der Waals surface area contributed by atoms with E-state index in [4.69, 9.17) is 21.7 Å². The molecule has 0 aliphatic rings. The quantitative estimate of drug-likeness (QED) is 0.0950. The number of carbonyl (C=O) groups is 7. The van der Waals surface area contributed by atoms with Gasteiger partial charge in [0, 0.05) is 31.2 Å². The summed E-state index contributed by atoms with van der Waals surface area (Å²) in [6, 6.07) is -6.02. The first kappa shape index (κ1) is 30.5. The number of amides is 4. The number of nitrogens with one attached hydrogen (secondary N) is 4. The number of carboxylic acids is 3. The van der Waals surface area contributed by atoms with Crippen molar-refractivity contribution in [1.82, 2.24) is 25.9 Å². The number of primary amides is 1. The Morgan fingerprint density at radius 3 is 1.84 bits per heavy atom. The minimum Gasteiger partial charge on any atom is -0.481 e. The molecule has 1 aromatic rings. The van der Waals surface area contributed by atoms with Gasteiger partial charge in [-0.25, -0.2) is 9.78 Å². The molecule has 0 radical (unpaired) electrons. The molecule has 17 heteroatoms. The van der Waals surface area contributed by atoms with E-state index in [9.17, 15) is 38.7 Å². The predicted octanol–water partition coefficient (Wildman–Crippen LogP) is -3.58. The highest BCUT2D eigenvalue weighted by molar-refractivity contribution is 5.96.